The average molecular weight is 602 g/mol. The van der Waals surface area contributed by atoms with Crippen LogP contribution in [0.3, 0.4) is 0 Å². The second kappa shape index (κ2) is 9.70. The van der Waals surface area contributed by atoms with E-state index in [0.717, 1.165) is 16.7 Å². The number of benzene rings is 2. The molecule has 0 radical (unpaired) electrons. The lowest BCUT2D eigenvalue weighted by atomic mass is 9.59. The van der Waals surface area contributed by atoms with E-state index in [9.17, 15) is 29.4 Å². The maximum absolute atomic E-state index is 13.9. The summed E-state index contributed by atoms with van der Waals surface area (Å²) in [7, 11) is 0. The fourth-order valence-corrected chi connectivity index (χ4v) is 7.38. The molecule has 4 aliphatic rings. The van der Waals surface area contributed by atoms with Crippen molar-refractivity contribution in [2.45, 2.75) is 39.0 Å². The number of hydrogen-bond donors (Lipinski definition) is 2. The number of fused-ring (bicyclic) bond motifs is 3. The lowest BCUT2D eigenvalue weighted by molar-refractivity contribution is -0.140. The second-order valence-corrected chi connectivity index (χ2v) is 12.0. The third-order valence-electron chi connectivity index (χ3n) is 8.83. The Morgan fingerprint density at radius 1 is 0.950 bits per heavy atom. The molecule has 6 rings (SSSR count). The van der Waals surface area contributed by atoms with Gasteiger partial charge < -0.3 is 10.2 Å². The van der Waals surface area contributed by atoms with Crippen LogP contribution in [-0.2, 0) is 25.6 Å². The topological polar surface area (TPSA) is 112 Å². The highest BCUT2D eigenvalue weighted by Crippen LogP contribution is 2.55. The molecule has 204 valence electrons. The van der Waals surface area contributed by atoms with Gasteiger partial charge in [0.15, 0.2) is 11.6 Å². The van der Waals surface area contributed by atoms with Crippen LogP contribution in [0.5, 0.6) is 11.5 Å². The smallest absolute Gasteiger partial charge is 0.233 e. The van der Waals surface area contributed by atoms with E-state index in [-0.39, 0.29) is 52.3 Å². The zero-order chi connectivity index (χ0) is 28.5. The molecule has 2 amide bonds. The number of aromatic hydroxyl groups is 2. The van der Waals surface area contributed by atoms with Crippen molar-refractivity contribution in [1.82, 2.24) is 4.90 Å². The van der Waals surface area contributed by atoms with Crippen molar-refractivity contribution in [2.24, 2.45) is 17.8 Å². The van der Waals surface area contributed by atoms with Gasteiger partial charge >= 0.3 is 0 Å². The molecule has 7 nitrogen and oxygen atoms in total. The minimum atomic E-state index is -0.615. The molecule has 0 spiro atoms. The van der Waals surface area contributed by atoms with Crippen LogP contribution in [0.25, 0.3) is 0 Å². The van der Waals surface area contributed by atoms with Crippen molar-refractivity contribution in [2.75, 3.05) is 6.54 Å². The number of rotatable bonds is 4. The number of likely N-dealkylation sites (tertiary alicyclic amines) is 1. The summed E-state index contributed by atoms with van der Waals surface area (Å²) < 4.78 is 0.192. The van der Waals surface area contributed by atoms with Gasteiger partial charge in [-0.15, -0.1) is 0 Å². The molecule has 4 atom stereocenters. The number of halogens is 1. The van der Waals surface area contributed by atoms with Crippen molar-refractivity contribution in [3.05, 3.63) is 92.0 Å². The van der Waals surface area contributed by atoms with Gasteiger partial charge in [-0.2, -0.15) is 0 Å². The number of phenols is 2. The zero-order valence-electron chi connectivity index (χ0n) is 22.1. The standard InChI is InChI=1S/C32H28BrNO6/c1-15-11-18(12-16(2)29(15)37)26-20-7-8-21-27(22(20)13-23-28(26)25(36)14-24(33)30(23)38)32(40)34(31(21)39)10-9-17-3-5-19(35)6-4-17/h3-7,11-12,14,21-22,26-27,35,37H,8-10,13H2,1-2H3. The Morgan fingerprint density at radius 2 is 1.62 bits per heavy atom. The van der Waals surface area contributed by atoms with Gasteiger partial charge in [-0.05, 0) is 89.3 Å². The molecule has 4 unspecified atom stereocenters. The molecule has 1 saturated heterocycles. The molecule has 2 N–H and O–H groups in total. The van der Waals surface area contributed by atoms with Crippen LogP contribution >= 0.6 is 15.9 Å². The Labute approximate surface area is 240 Å². The largest absolute Gasteiger partial charge is 0.508 e. The number of carbonyl (C=O) groups is 4. The van der Waals surface area contributed by atoms with Gasteiger partial charge in [-0.25, -0.2) is 0 Å². The van der Waals surface area contributed by atoms with E-state index in [1.165, 1.54) is 11.0 Å². The summed E-state index contributed by atoms with van der Waals surface area (Å²) in [6.07, 6.45) is 4.38. The molecule has 8 heteroatoms. The molecule has 0 bridgehead atoms. The summed E-state index contributed by atoms with van der Waals surface area (Å²) in [5.41, 5.74) is 4.69. The summed E-state index contributed by atoms with van der Waals surface area (Å²) in [5.74, 6) is -2.71. The molecule has 40 heavy (non-hydrogen) atoms. The molecule has 0 aromatic heterocycles. The van der Waals surface area contributed by atoms with Gasteiger partial charge in [0.1, 0.15) is 11.5 Å². The summed E-state index contributed by atoms with van der Waals surface area (Å²) in [4.78, 5) is 55.4. The first-order valence-corrected chi connectivity index (χ1v) is 14.2. The van der Waals surface area contributed by atoms with Crippen molar-refractivity contribution in [3.63, 3.8) is 0 Å². The van der Waals surface area contributed by atoms with Crippen molar-refractivity contribution >= 4 is 39.3 Å². The molecular formula is C32H28BrNO6. The third-order valence-corrected chi connectivity index (χ3v) is 9.42. The zero-order valence-corrected chi connectivity index (χ0v) is 23.7. The molecule has 2 aromatic carbocycles. The van der Waals surface area contributed by atoms with Gasteiger partial charge in [-0.1, -0.05) is 35.9 Å². The third kappa shape index (κ3) is 4.08. The Hall–Kier alpha value is -3.78. The van der Waals surface area contributed by atoms with Gasteiger partial charge in [0, 0.05) is 29.7 Å². The van der Waals surface area contributed by atoms with Crippen LogP contribution < -0.4 is 0 Å². The lowest BCUT2D eigenvalue weighted by Gasteiger charge is -2.42. The summed E-state index contributed by atoms with van der Waals surface area (Å²) in [5, 5.41) is 20.0. The van der Waals surface area contributed by atoms with Crippen LogP contribution in [0.2, 0.25) is 0 Å². The number of carbonyl (C=O) groups excluding carboxylic acids is 4. The molecule has 3 aliphatic carbocycles. The normalized spacial score (nSPS) is 25.9. The van der Waals surface area contributed by atoms with E-state index < -0.39 is 23.7 Å². The molecule has 1 aliphatic heterocycles. The number of phenolic OH excluding ortho intramolecular Hbond substituents is 2. The second-order valence-electron chi connectivity index (χ2n) is 11.1. The summed E-state index contributed by atoms with van der Waals surface area (Å²) in [6.45, 7) is 3.82. The number of Topliss-reactive ketones (excluding diaryl/α,β-unsaturated/α-hetero) is 1. The van der Waals surface area contributed by atoms with Crippen LogP contribution in [0.15, 0.2) is 69.8 Å². The number of hydrogen-bond acceptors (Lipinski definition) is 6. The Kier molecular flexibility index (Phi) is 6.41. The number of imide groups is 1. The van der Waals surface area contributed by atoms with Gasteiger partial charge in [0.25, 0.3) is 0 Å². The first kappa shape index (κ1) is 26.4. The molecule has 1 heterocycles. The maximum atomic E-state index is 13.9. The highest BCUT2D eigenvalue weighted by molar-refractivity contribution is 9.12. The number of amides is 2. The minimum Gasteiger partial charge on any atom is -0.508 e. The fraction of sp³-hybridized carbons (Fsp3) is 0.312. The van der Waals surface area contributed by atoms with Crippen molar-refractivity contribution in [3.8, 4) is 11.5 Å². The van der Waals surface area contributed by atoms with E-state index in [0.29, 0.717) is 35.1 Å². The quantitative estimate of drug-likeness (QED) is 0.298. The fourth-order valence-electron chi connectivity index (χ4n) is 6.93. The number of ketones is 2. The van der Waals surface area contributed by atoms with E-state index in [1.54, 1.807) is 38.1 Å². The van der Waals surface area contributed by atoms with Crippen molar-refractivity contribution in [1.29, 1.82) is 0 Å². The Morgan fingerprint density at radius 3 is 2.30 bits per heavy atom. The number of allylic oxidation sites excluding steroid dienone is 6. The van der Waals surface area contributed by atoms with Gasteiger partial charge in [0.2, 0.25) is 11.8 Å². The van der Waals surface area contributed by atoms with Gasteiger partial charge in [0.05, 0.1) is 16.3 Å². The predicted molar refractivity (Wildman–Crippen MR) is 151 cm³/mol. The maximum Gasteiger partial charge on any atom is 0.233 e. The van der Waals surface area contributed by atoms with Crippen LogP contribution in [0.1, 0.15) is 41.0 Å². The van der Waals surface area contributed by atoms with Crippen LogP contribution in [-0.4, -0.2) is 45.0 Å². The van der Waals surface area contributed by atoms with E-state index in [2.05, 4.69) is 15.9 Å². The first-order chi connectivity index (χ1) is 19.1. The van der Waals surface area contributed by atoms with Crippen LogP contribution in [0.4, 0.5) is 0 Å². The molecule has 1 fully saturated rings. The van der Waals surface area contributed by atoms with E-state index >= 15 is 0 Å². The highest BCUT2D eigenvalue weighted by atomic mass is 79.9. The van der Waals surface area contributed by atoms with E-state index in [1.807, 2.05) is 18.2 Å². The lowest BCUT2D eigenvalue weighted by Crippen LogP contribution is -2.39. The predicted octanol–water partition coefficient (Wildman–Crippen LogP) is 4.72. The monoisotopic (exact) mass is 601 g/mol. The molecular weight excluding hydrogens is 574 g/mol. The van der Waals surface area contributed by atoms with Crippen LogP contribution in [0, 0.1) is 31.6 Å². The number of nitrogens with zero attached hydrogens (tertiary/aromatic N) is 1. The summed E-state index contributed by atoms with van der Waals surface area (Å²) >= 11 is 3.25. The highest BCUT2D eigenvalue weighted by Gasteiger charge is 2.56. The Balaban J connectivity index is 1.40. The van der Waals surface area contributed by atoms with Crippen molar-refractivity contribution < 1.29 is 29.4 Å². The SMILES string of the molecule is Cc1cc(C2C3=CCC4C(=O)N(CCc5ccc(O)cc5)C(=O)C4C3CC3=C2C(=O)C=C(Br)C3=O)cc(C)c1O. The average Bonchev–Trinajstić information content (AvgIpc) is 3.17. The first-order valence-electron chi connectivity index (χ1n) is 13.4. The minimum absolute atomic E-state index is 0.151. The molecule has 2 aromatic rings. The number of aryl methyl sites for hydroxylation is 2. The van der Waals surface area contributed by atoms with Gasteiger partial charge in [-0.3, -0.25) is 24.1 Å². The summed E-state index contributed by atoms with van der Waals surface area (Å²) in [6, 6.07) is 10.4. The van der Waals surface area contributed by atoms with E-state index in [4.69, 9.17) is 0 Å². The molecule has 0 saturated carbocycles. The Bertz CT molecular complexity index is 1570.